The Hall–Kier alpha value is -0.290. The van der Waals surface area contributed by atoms with Crippen LogP contribution in [0.1, 0.15) is 33.6 Å². The van der Waals surface area contributed by atoms with Crippen molar-refractivity contribution in [3.05, 3.63) is 0 Å². The number of rotatable bonds is 1. The number of halogens is 1. The van der Waals surface area contributed by atoms with Gasteiger partial charge in [0.1, 0.15) is 15.6 Å². The lowest BCUT2D eigenvalue weighted by Gasteiger charge is -2.32. The number of piperidine rings is 1. The lowest BCUT2D eigenvalue weighted by molar-refractivity contribution is 0.0220. The van der Waals surface area contributed by atoms with Gasteiger partial charge in [-0.1, -0.05) is 0 Å². The molecule has 2 unspecified atom stereocenters. The fraction of sp³-hybridized carbons (Fsp3) is 0.900. The molecule has 16 heavy (non-hydrogen) atoms. The summed E-state index contributed by atoms with van der Waals surface area (Å²) >= 11 is 0. The zero-order valence-electron chi connectivity index (χ0n) is 9.86. The van der Waals surface area contributed by atoms with E-state index in [2.05, 4.69) is 0 Å². The first-order valence-corrected chi connectivity index (χ1v) is 7.38. The maximum atomic E-state index is 11.7. The molecule has 1 heterocycles. The first kappa shape index (κ1) is 13.8. The average Bonchev–Trinajstić information content (AvgIpc) is 2.15. The van der Waals surface area contributed by atoms with Gasteiger partial charge in [-0.05, 0) is 44.3 Å². The third kappa shape index (κ3) is 4.29. The SMILES string of the molecule is CC(C)(C)OC(=O)N1CCCC(S(=O)Cl)C1. The van der Waals surface area contributed by atoms with Crippen molar-refractivity contribution < 1.29 is 13.7 Å². The molecule has 6 heteroatoms. The van der Waals surface area contributed by atoms with Crippen LogP contribution in [0.5, 0.6) is 0 Å². The molecule has 2 atom stereocenters. The second-order valence-electron chi connectivity index (χ2n) is 4.94. The van der Waals surface area contributed by atoms with Gasteiger partial charge in [0.05, 0.1) is 5.25 Å². The predicted molar refractivity (Wildman–Crippen MR) is 64.8 cm³/mol. The van der Waals surface area contributed by atoms with Gasteiger partial charge >= 0.3 is 6.09 Å². The smallest absolute Gasteiger partial charge is 0.410 e. The molecule has 0 N–H and O–H groups in total. The number of ether oxygens (including phenoxy) is 1. The average molecular weight is 268 g/mol. The first-order valence-electron chi connectivity index (χ1n) is 5.34. The third-order valence-corrected chi connectivity index (χ3v) is 3.96. The number of carbonyl (C=O) groups is 1. The van der Waals surface area contributed by atoms with Crippen LogP contribution in [-0.4, -0.2) is 39.1 Å². The van der Waals surface area contributed by atoms with E-state index in [0.29, 0.717) is 13.1 Å². The Balaban J connectivity index is 2.54. The van der Waals surface area contributed by atoms with E-state index >= 15 is 0 Å². The lowest BCUT2D eigenvalue weighted by atomic mass is 10.1. The number of likely N-dealkylation sites (tertiary alicyclic amines) is 1. The maximum Gasteiger partial charge on any atom is 0.410 e. The van der Waals surface area contributed by atoms with Crippen LogP contribution in [0.4, 0.5) is 4.79 Å². The van der Waals surface area contributed by atoms with Crippen molar-refractivity contribution in [2.75, 3.05) is 13.1 Å². The molecule has 1 rings (SSSR count). The van der Waals surface area contributed by atoms with Crippen molar-refractivity contribution in [2.45, 2.75) is 44.5 Å². The van der Waals surface area contributed by atoms with Gasteiger partial charge in [0.2, 0.25) is 0 Å². The molecule has 94 valence electrons. The van der Waals surface area contributed by atoms with E-state index in [1.165, 1.54) is 0 Å². The van der Waals surface area contributed by atoms with E-state index in [9.17, 15) is 9.00 Å². The first-order chi connectivity index (χ1) is 7.29. The highest BCUT2D eigenvalue weighted by Gasteiger charge is 2.29. The fourth-order valence-electron chi connectivity index (χ4n) is 1.58. The number of amides is 1. The molecule has 0 spiro atoms. The molecule has 1 aliphatic rings. The largest absolute Gasteiger partial charge is 0.444 e. The van der Waals surface area contributed by atoms with Crippen LogP contribution in [-0.2, 0) is 14.7 Å². The van der Waals surface area contributed by atoms with Crippen LogP contribution in [0.25, 0.3) is 0 Å². The van der Waals surface area contributed by atoms with Crippen LogP contribution in [0.15, 0.2) is 0 Å². The van der Waals surface area contributed by atoms with Crippen molar-refractivity contribution in [3.8, 4) is 0 Å². The molecule has 0 saturated carbocycles. The molecule has 0 aromatic rings. The molecule has 0 radical (unpaired) electrons. The van der Waals surface area contributed by atoms with Gasteiger partial charge in [-0.25, -0.2) is 9.00 Å². The highest BCUT2D eigenvalue weighted by Crippen LogP contribution is 2.19. The van der Waals surface area contributed by atoms with Crippen LogP contribution in [0.2, 0.25) is 0 Å². The van der Waals surface area contributed by atoms with Gasteiger partial charge in [-0.15, -0.1) is 0 Å². The van der Waals surface area contributed by atoms with Gasteiger partial charge in [-0.3, -0.25) is 0 Å². The summed E-state index contributed by atoms with van der Waals surface area (Å²) in [4.78, 5) is 13.3. The molecule has 0 aromatic carbocycles. The summed E-state index contributed by atoms with van der Waals surface area (Å²) in [5.41, 5.74) is -0.496. The minimum atomic E-state index is -1.39. The zero-order valence-corrected chi connectivity index (χ0v) is 11.4. The summed E-state index contributed by atoms with van der Waals surface area (Å²) in [5, 5.41) is -0.136. The minimum Gasteiger partial charge on any atom is -0.444 e. The second kappa shape index (κ2) is 5.36. The number of hydrogen-bond donors (Lipinski definition) is 0. The molecule has 1 amide bonds. The Morgan fingerprint density at radius 2 is 2.12 bits per heavy atom. The van der Waals surface area contributed by atoms with Crippen molar-refractivity contribution in [2.24, 2.45) is 0 Å². The number of hydrogen-bond acceptors (Lipinski definition) is 3. The summed E-state index contributed by atoms with van der Waals surface area (Å²) in [7, 11) is 4.16. The molecular weight excluding hydrogens is 250 g/mol. The molecule has 1 fully saturated rings. The van der Waals surface area contributed by atoms with Crippen molar-refractivity contribution in [1.29, 1.82) is 0 Å². The minimum absolute atomic E-state index is 0.136. The van der Waals surface area contributed by atoms with Crippen LogP contribution in [0, 0.1) is 0 Å². The lowest BCUT2D eigenvalue weighted by Crippen LogP contribution is -2.45. The van der Waals surface area contributed by atoms with Crippen molar-refractivity contribution in [3.63, 3.8) is 0 Å². The highest BCUT2D eigenvalue weighted by atomic mass is 35.7. The fourth-order valence-corrected chi connectivity index (χ4v) is 2.67. The molecular formula is C10H18ClNO3S. The summed E-state index contributed by atoms with van der Waals surface area (Å²) in [6, 6.07) is 0. The Kier molecular flexibility index (Phi) is 4.62. The van der Waals surface area contributed by atoms with Gasteiger partial charge in [-0.2, -0.15) is 0 Å². The summed E-state index contributed by atoms with van der Waals surface area (Å²) in [6.07, 6.45) is 1.27. The van der Waals surface area contributed by atoms with E-state index in [4.69, 9.17) is 15.4 Å². The van der Waals surface area contributed by atoms with Gasteiger partial charge < -0.3 is 9.64 Å². The van der Waals surface area contributed by atoms with Gasteiger partial charge in [0.25, 0.3) is 0 Å². The van der Waals surface area contributed by atoms with E-state index in [1.54, 1.807) is 4.90 Å². The van der Waals surface area contributed by atoms with E-state index in [0.717, 1.165) is 12.8 Å². The monoisotopic (exact) mass is 267 g/mol. The van der Waals surface area contributed by atoms with Crippen LogP contribution in [0.3, 0.4) is 0 Å². The maximum absolute atomic E-state index is 11.7. The Morgan fingerprint density at radius 1 is 1.50 bits per heavy atom. The second-order valence-corrected chi connectivity index (χ2v) is 7.01. The Labute approximate surface area is 103 Å². The van der Waals surface area contributed by atoms with Gasteiger partial charge in [0.15, 0.2) is 0 Å². The molecule has 1 aliphatic heterocycles. The Morgan fingerprint density at radius 3 is 2.62 bits per heavy atom. The normalized spacial score (nSPS) is 24.0. The molecule has 4 nitrogen and oxygen atoms in total. The molecule has 0 bridgehead atoms. The Bertz CT molecular complexity index is 290. The number of carbonyl (C=O) groups excluding carboxylic acids is 1. The quantitative estimate of drug-likeness (QED) is 0.685. The summed E-state index contributed by atoms with van der Waals surface area (Å²) < 4.78 is 16.4. The summed E-state index contributed by atoms with van der Waals surface area (Å²) in [6.45, 7) is 6.55. The van der Waals surface area contributed by atoms with E-state index in [-0.39, 0.29) is 11.3 Å². The molecule has 0 aromatic heterocycles. The van der Waals surface area contributed by atoms with E-state index < -0.39 is 15.6 Å². The predicted octanol–water partition coefficient (Wildman–Crippen LogP) is 2.29. The molecule has 1 saturated heterocycles. The van der Waals surface area contributed by atoms with Crippen molar-refractivity contribution in [1.82, 2.24) is 4.90 Å². The van der Waals surface area contributed by atoms with Crippen LogP contribution >= 0.6 is 10.7 Å². The van der Waals surface area contributed by atoms with Crippen molar-refractivity contribution >= 4 is 26.8 Å². The standard InChI is InChI=1S/C10H18ClNO3S/c1-10(2,3)15-9(13)12-6-4-5-8(7-12)16(11)14/h8H,4-7H2,1-3H3. The van der Waals surface area contributed by atoms with Crippen LogP contribution < -0.4 is 0 Å². The van der Waals surface area contributed by atoms with E-state index in [1.807, 2.05) is 20.8 Å². The van der Waals surface area contributed by atoms with Gasteiger partial charge in [0, 0.05) is 13.1 Å². The summed E-state index contributed by atoms with van der Waals surface area (Å²) in [5.74, 6) is 0. The highest BCUT2D eigenvalue weighted by molar-refractivity contribution is 8.08. The third-order valence-electron chi connectivity index (χ3n) is 2.29. The number of nitrogens with zero attached hydrogens (tertiary/aromatic N) is 1. The topological polar surface area (TPSA) is 46.6 Å². The zero-order chi connectivity index (χ0) is 12.3. The molecule has 0 aliphatic carbocycles.